The monoisotopic (exact) mass is 491 g/mol. The number of rotatable bonds is 8. The van der Waals surface area contributed by atoms with Gasteiger partial charge in [-0.05, 0) is 35.0 Å². The van der Waals surface area contributed by atoms with E-state index in [0.29, 0.717) is 23.2 Å². The Balaban J connectivity index is 1.16. The fourth-order valence-electron chi connectivity index (χ4n) is 3.01. The van der Waals surface area contributed by atoms with E-state index in [0.717, 1.165) is 9.75 Å². The van der Waals surface area contributed by atoms with Crippen LogP contribution in [-0.2, 0) is 13.1 Å². The smallest absolute Gasteiger partial charge is 0.270 e. The summed E-state index contributed by atoms with van der Waals surface area (Å²) < 4.78 is 10.9. The van der Waals surface area contributed by atoms with Crippen molar-refractivity contribution in [3.63, 3.8) is 0 Å². The number of amides is 2. The van der Waals surface area contributed by atoms with E-state index in [1.807, 2.05) is 35.0 Å². The molecule has 5 aromatic rings. The molecule has 0 bridgehead atoms. The van der Waals surface area contributed by atoms with Gasteiger partial charge in [0.2, 0.25) is 11.8 Å². The molecule has 2 N–H and O–H groups in total. The van der Waals surface area contributed by atoms with Crippen molar-refractivity contribution in [1.82, 2.24) is 25.6 Å². The summed E-state index contributed by atoms with van der Waals surface area (Å²) >= 11 is 3.04. The van der Waals surface area contributed by atoms with Crippen molar-refractivity contribution in [2.24, 2.45) is 0 Å². The lowest BCUT2D eigenvalue weighted by Crippen LogP contribution is -2.27. The highest BCUT2D eigenvalue weighted by molar-refractivity contribution is 7.13. The topological polar surface area (TPSA) is 123 Å². The molecule has 9 nitrogen and oxygen atoms in total. The minimum Gasteiger partial charge on any atom is -0.443 e. The molecule has 0 atom stereocenters. The molecule has 0 fully saturated rings. The molecular formula is C23H17N5O4S2. The lowest BCUT2D eigenvalue weighted by atomic mass is 10.2. The summed E-state index contributed by atoms with van der Waals surface area (Å²) in [6, 6.07) is 12.3. The summed E-state index contributed by atoms with van der Waals surface area (Å²) in [6.07, 6.45) is 3.00. The van der Waals surface area contributed by atoms with Crippen molar-refractivity contribution in [2.45, 2.75) is 13.1 Å². The maximum absolute atomic E-state index is 12.5. The van der Waals surface area contributed by atoms with Crippen LogP contribution in [0.25, 0.3) is 21.5 Å². The molecule has 0 unspecified atom stereocenters. The van der Waals surface area contributed by atoms with Crippen LogP contribution in [0.1, 0.15) is 32.4 Å². The zero-order valence-electron chi connectivity index (χ0n) is 17.6. The average molecular weight is 492 g/mol. The molecule has 34 heavy (non-hydrogen) atoms. The van der Waals surface area contributed by atoms with Gasteiger partial charge in [0.05, 0.1) is 34.2 Å². The molecule has 0 radical (unpaired) electrons. The second-order valence-corrected chi connectivity index (χ2v) is 8.91. The number of pyridine rings is 1. The summed E-state index contributed by atoms with van der Waals surface area (Å²) in [5.41, 5.74) is 1.41. The van der Waals surface area contributed by atoms with Gasteiger partial charge in [0.1, 0.15) is 23.9 Å². The van der Waals surface area contributed by atoms with Crippen LogP contribution in [0.2, 0.25) is 0 Å². The summed E-state index contributed by atoms with van der Waals surface area (Å²) in [5.74, 6) is 0.163. The molecule has 0 aliphatic heterocycles. The van der Waals surface area contributed by atoms with E-state index in [1.54, 1.807) is 6.07 Å². The number of oxazole rings is 2. The Morgan fingerprint density at radius 2 is 1.21 bits per heavy atom. The molecule has 5 rings (SSSR count). The molecule has 0 saturated heterocycles. The van der Waals surface area contributed by atoms with Gasteiger partial charge in [0.25, 0.3) is 11.8 Å². The number of hydrogen-bond acceptors (Lipinski definition) is 9. The molecule has 5 aromatic heterocycles. The minimum absolute atomic E-state index is 0.121. The first kappa shape index (κ1) is 21.7. The van der Waals surface area contributed by atoms with E-state index in [-0.39, 0.29) is 24.5 Å². The maximum atomic E-state index is 12.5. The van der Waals surface area contributed by atoms with Crippen molar-refractivity contribution in [3.8, 4) is 21.5 Å². The number of hydrogen-bond donors (Lipinski definition) is 2. The molecule has 0 spiro atoms. The highest BCUT2D eigenvalue weighted by atomic mass is 32.1. The highest BCUT2D eigenvalue weighted by Crippen LogP contribution is 2.24. The second-order valence-electron chi connectivity index (χ2n) is 7.02. The zero-order chi connectivity index (χ0) is 23.3. The van der Waals surface area contributed by atoms with Gasteiger partial charge in [-0.15, -0.1) is 22.7 Å². The molecule has 170 valence electrons. The third-order valence-electron chi connectivity index (χ3n) is 4.64. The highest BCUT2D eigenvalue weighted by Gasteiger charge is 2.15. The van der Waals surface area contributed by atoms with E-state index in [1.165, 1.54) is 47.3 Å². The standard InChI is InChI=1S/C23H17N5O4S2/c29-20(24-10-14-12-31-22(26-14)18-6-2-8-33-18)16-4-1-5-17(28-16)21(30)25-11-15-13-32-23(27-15)19-7-3-9-34-19/h1-9,12-13H,10-11H2,(H,24,29)(H,25,30). The lowest BCUT2D eigenvalue weighted by Gasteiger charge is -2.06. The van der Waals surface area contributed by atoms with E-state index in [9.17, 15) is 9.59 Å². The number of carbonyl (C=O) groups is 2. The van der Waals surface area contributed by atoms with Gasteiger partial charge in [-0.1, -0.05) is 18.2 Å². The Hall–Kier alpha value is -4.09. The Morgan fingerprint density at radius 3 is 1.65 bits per heavy atom. The number of carbonyl (C=O) groups excluding carboxylic acids is 2. The van der Waals surface area contributed by atoms with Gasteiger partial charge in [-0.25, -0.2) is 15.0 Å². The van der Waals surface area contributed by atoms with Crippen LogP contribution in [0.5, 0.6) is 0 Å². The fraction of sp³-hybridized carbons (Fsp3) is 0.0870. The van der Waals surface area contributed by atoms with Crippen molar-refractivity contribution in [3.05, 3.63) is 88.5 Å². The summed E-state index contributed by atoms with van der Waals surface area (Å²) in [7, 11) is 0. The normalized spacial score (nSPS) is 10.8. The summed E-state index contributed by atoms with van der Waals surface area (Å²) in [5, 5.41) is 9.35. The molecule has 0 aliphatic rings. The average Bonchev–Trinajstić information content (AvgIpc) is 3.67. The van der Waals surface area contributed by atoms with Crippen LogP contribution in [0.15, 0.2) is 74.6 Å². The summed E-state index contributed by atoms with van der Waals surface area (Å²) in [4.78, 5) is 39.8. The first-order chi connectivity index (χ1) is 16.7. The van der Waals surface area contributed by atoms with Crippen LogP contribution in [-0.4, -0.2) is 26.8 Å². The minimum atomic E-state index is -0.424. The van der Waals surface area contributed by atoms with Crippen molar-refractivity contribution < 1.29 is 18.4 Å². The number of nitrogens with zero attached hydrogens (tertiary/aromatic N) is 3. The Labute approximate surface area is 201 Å². The molecule has 0 aliphatic carbocycles. The first-order valence-corrected chi connectivity index (χ1v) is 11.9. The van der Waals surface area contributed by atoms with Gasteiger partial charge < -0.3 is 19.5 Å². The third-order valence-corrected chi connectivity index (χ3v) is 6.36. The van der Waals surface area contributed by atoms with E-state index in [4.69, 9.17) is 8.83 Å². The second kappa shape index (κ2) is 9.81. The van der Waals surface area contributed by atoms with Crippen LogP contribution < -0.4 is 10.6 Å². The van der Waals surface area contributed by atoms with Crippen LogP contribution in [0.4, 0.5) is 0 Å². The van der Waals surface area contributed by atoms with Gasteiger partial charge in [-0.2, -0.15) is 0 Å². The molecule has 0 saturated carbocycles. The van der Waals surface area contributed by atoms with E-state index >= 15 is 0 Å². The predicted molar refractivity (Wildman–Crippen MR) is 126 cm³/mol. The summed E-state index contributed by atoms with van der Waals surface area (Å²) in [6.45, 7) is 0.342. The zero-order valence-corrected chi connectivity index (χ0v) is 19.2. The third kappa shape index (κ3) is 4.95. The van der Waals surface area contributed by atoms with Crippen LogP contribution in [0.3, 0.4) is 0 Å². The van der Waals surface area contributed by atoms with Gasteiger partial charge in [-0.3, -0.25) is 9.59 Å². The molecule has 11 heteroatoms. The quantitative estimate of drug-likeness (QED) is 0.330. The maximum Gasteiger partial charge on any atom is 0.270 e. The van der Waals surface area contributed by atoms with Crippen molar-refractivity contribution in [2.75, 3.05) is 0 Å². The number of nitrogens with one attached hydrogen (secondary N) is 2. The lowest BCUT2D eigenvalue weighted by molar-refractivity contribution is 0.0941. The Kier molecular flexibility index (Phi) is 6.27. The fourth-order valence-corrected chi connectivity index (χ4v) is 4.32. The molecular weight excluding hydrogens is 474 g/mol. The predicted octanol–water partition coefficient (Wildman–Crippen LogP) is 4.37. The Morgan fingerprint density at radius 1 is 0.706 bits per heavy atom. The van der Waals surface area contributed by atoms with Crippen molar-refractivity contribution in [1.29, 1.82) is 0 Å². The molecule has 5 heterocycles. The van der Waals surface area contributed by atoms with Gasteiger partial charge in [0.15, 0.2) is 0 Å². The van der Waals surface area contributed by atoms with Crippen LogP contribution >= 0.6 is 22.7 Å². The number of aromatic nitrogens is 3. The van der Waals surface area contributed by atoms with Gasteiger partial charge in [0, 0.05) is 0 Å². The van der Waals surface area contributed by atoms with E-state index in [2.05, 4.69) is 25.6 Å². The van der Waals surface area contributed by atoms with Gasteiger partial charge >= 0.3 is 0 Å². The Bertz CT molecular complexity index is 1300. The molecule has 2 amide bonds. The van der Waals surface area contributed by atoms with Crippen LogP contribution in [0, 0.1) is 0 Å². The van der Waals surface area contributed by atoms with E-state index < -0.39 is 11.8 Å². The SMILES string of the molecule is O=C(NCc1coc(-c2cccs2)n1)c1cccc(C(=O)NCc2coc(-c3cccs3)n2)n1. The molecule has 0 aromatic carbocycles. The van der Waals surface area contributed by atoms with Crippen molar-refractivity contribution >= 4 is 34.5 Å². The number of thiophene rings is 2. The first-order valence-electron chi connectivity index (χ1n) is 10.2. The largest absolute Gasteiger partial charge is 0.443 e.